The second kappa shape index (κ2) is 6.24. The minimum absolute atomic E-state index is 0.178. The van der Waals surface area contributed by atoms with Crippen LogP contribution in [0.2, 0.25) is 0 Å². The zero-order valence-electron chi connectivity index (χ0n) is 11.3. The zero-order chi connectivity index (χ0) is 12.9. The third-order valence-corrected chi connectivity index (χ3v) is 3.16. The van der Waals surface area contributed by atoms with Crippen molar-refractivity contribution >= 4 is 6.09 Å². The number of nitrogens with two attached hydrogens (primary N) is 1. The maximum atomic E-state index is 11.7. The molecule has 1 saturated carbocycles. The number of hydrogen-bond acceptors (Lipinski definition) is 3. The number of rotatable bonds is 2. The first-order valence-corrected chi connectivity index (χ1v) is 6.62. The topological polar surface area (TPSA) is 64.3 Å². The number of amides is 1. The number of carbonyl (C=O) groups is 1. The highest BCUT2D eigenvalue weighted by molar-refractivity contribution is 5.68. The molecular formula is C13H26N2O2. The lowest BCUT2D eigenvalue weighted by Crippen LogP contribution is -2.44. The SMILES string of the molecule is CC(C)(C)OC(=O)N[C@@H]1CCCCC[C@H]1CN. The molecule has 0 spiro atoms. The van der Waals surface area contributed by atoms with E-state index in [1.165, 1.54) is 12.8 Å². The van der Waals surface area contributed by atoms with Crippen LogP contribution in [0.1, 0.15) is 52.9 Å². The molecule has 0 heterocycles. The van der Waals surface area contributed by atoms with Gasteiger partial charge in [0.2, 0.25) is 0 Å². The fourth-order valence-corrected chi connectivity index (χ4v) is 2.32. The molecule has 0 aromatic heterocycles. The van der Waals surface area contributed by atoms with E-state index in [0.717, 1.165) is 19.3 Å². The molecule has 1 rings (SSSR count). The van der Waals surface area contributed by atoms with Gasteiger partial charge in [-0.2, -0.15) is 0 Å². The number of nitrogens with one attached hydrogen (secondary N) is 1. The van der Waals surface area contributed by atoms with Crippen molar-refractivity contribution in [2.24, 2.45) is 11.7 Å². The van der Waals surface area contributed by atoms with Gasteiger partial charge in [-0.1, -0.05) is 19.3 Å². The Bertz CT molecular complexity index is 248. The molecular weight excluding hydrogens is 216 g/mol. The Morgan fingerprint density at radius 1 is 1.29 bits per heavy atom. The Morgan fingerprint density at radius 3 is 2.53 bits per heavy atom. The monoisotopic (exact) mass is 242 g/mol. The van der Waals surface area contributed by atoms with Crippen molar-refractivity contribution in [1.82, 2.24) is 5.32 Å². The van der Waals surface area contributed by atoms with Gasteiger partial charge in [0.05, 0.1) is 0 Å². The molecule has 2 atom stereocenters. The van der Waals surface area contributed by atoms with Gasteiger partial charge in [0, 0.05) is 6.04 Å². The second-order valence-electron chi connectivity index (χ2n) is 5.89. The van der Waals surface area contributed by atoms with Gasteiger partial charge in [0.25, 0.3) is 0 Å². The van der Waals surface area contributed by atoms with Crippen LogP contribution in [-0.2, 0) is 4.74 Å². The van der Waals surface area contributed by atoms with Crippen molar-refractivity contribution in [1.29, 1.82) is 0 Å². The predicted octanol–water partition coefficient (Wildman–Crippen LogP) is 2.42. The molecule has 1 fully saturated rings. The molecule has 17 heavy (non-hydrogen) atoms. The summed E-state index contributed by atoms with van der Waals surface area (Å²) in [6.07, 6.45) is 5.43. The van der Waals surface area contributed by atoms with Gasteiger partial charge in [0.1, 0.15) is 5.60 Å². The van der Waals surface area contributed by atoms with E-state index >= 15 is 0 Å². The molecule has 0 saturated heterocycles. The van der Waals surface area contributed by atoms with Crippen LogP contribution in [0.3, 0.4) is 0 Å². The number of alkyl carbamates (subject to hydrolysis) is 1. The summed E-state index contributed by atoms with van der Waals surface area (Å²) in [5.41, 5.74) is 5.34. The summed E-state index contributed by atoms with van der Waals surface area (Å²) in [6, 6.07) is 0.178. The van der Waals surface area contributed by atoms with Crippen molar-refractivity contribution in [2.45, 2.75) is 64.5 Å². The van der Waals surface area contributed by atoms with Gasteiger partial charge in [-0.15, -0.1) is 0 Å². The minimum Gasteiger partial charge on any atom is -0.444 e. The predicted molar refractivity (Wildman–Crippen MR) is 68.8 cm³/mol. The molecule has 100 valence electrons. The van der Waals surface area contributed by atoms with Gasteiger partial charge >= 0.3 is 6.09 Å². The third-order valence-electron chi connectivity index (χ3n) is 3.16. The van der Waals surface area contributed by atoms with Gasteiger partial charge in [-0.25, -0.2) is 4.79 Å². The fourth-order valence-electron chi connectivity index (χ4n) is 2.32. The molecule has 4 nitrogen and oxygen atoms in total. The molecule has 0 unspecified atom stereocenters. The molecule has 1 amide bonds. The van der Waals surface area contributed by atoms with Crippen molar-refractivity contribution < 1.29 is 9.53 Å². The van der Waals surface area contributed by atoms with E-state index in [9.17, 15) is 4.79 Å². The third kappa shape index (κ3) is 5.39. The summed E-state index contributed by atoms with van der Waals surface area (Å²) < 4.78 is 5.28. The second-order valence-corrected chi connectivity index (χ2v) is 5.89. The largest absolute Gasteiger partial charge is 0.444 e. The van der Waals surface area contributed by atoms with Crippen molar-refractivity contribution in [3.8, 4) is 0 Å². The Morgan fingerprint density at radius 2 is 1.94 bits per heavy atom. The summed E-state index contributed by atoms with van der Waals surface area (Å²) in [7, 11) is 0. The van der Waals surface area contributed by atoms with Crippen molar-refractivity contribution in [3.05, 3.63) is 0 Å². The summed E-state index contributed by atoms with van der Waals surface area (Å²) in [5, 5.41) is 2.98. The number of carbonyl (C=O) groups excluding carboxylic acids is 1. The van der Waals surface area contributed by atoms with Gasteiger partial charge in [0.15, 0.2) is 0 Å². The molecule has 1 aliphatic carbocycles. The molecule has 0 radical (unpaired) electrons. The summed E-state index contributed by atoms with van der Waals surface area (Å²) in [4.78, 5) is 11.7. The summed E-state index contributed by atoms with van der Waals surface area (Å²) in [6.45, 7) is 6.26. The lowest BCUT2D eigenvalue weighted by atomic mass is 9.95. The smallest absolute Gasteiger partial charge is 0.407 e. The van der Waals surface area contributed by atoms with Crippen LogP contribution < -0.4 is 11.1 Å². The van der Waals surface area contributed by atoms with E-state index in [4.69, 9.17) is 10.5 Å². The average molecular weight is 242 g/mol. The maximum Gasteiger partial charge on any atom is 0.407 e. The molecule has 1 aliphatic rings. The fraction of sp³-hybridized carbons (Fsp3) is 0.923. The lowest BCUT2D eigenvalue weighted by molar-refractivity contribution is 0.0484. The summed E-state index contributed by atoms with van der Waals surface area (Å²) >= 11 is 0. The average Bonchev–Trinajstić information content (AvgIpc) is 2.39. The van der Waals surface area contributed by atoms with E-state index in [1.54, 1.807) is 0 Å². The first-order valence-electron chi connectivity index (χ1n) is 6.62. The Hall–Kier alpha value is -0.770. The van der Waals surface area contributed by atoms with Crippen molar-refractivity contribution in [2.75, 3.05) is 6.54 Å². The van der Waals surface area contributed by atoms with Crippen LogP contribution in [0.5, 0.6) is 0 Å². The quantitative estimate of drug-likeness (QED) is 0.731. The van der Waals surface area contributed by atoms with Gasteiger partial charge < -0.3 is 15.8 Å². The summed E-state index contributed by atoms with van der Waals surface area (Å²) in [5.74, 6) is 0.394. The first-order chi connectivity index (χ1) is 7.92. The highest BCUT2D eigenvalue weighted by Crippen LogP contribution is 2.23. The van der Waals surface area contributed by atoms with E-state index in [0.29, 0.717) is 12.5 Å². The van der Waals surface area contributed by atoms with Gasteiger partial charge in [-0.3, -0.25) is 0 Å². The zero-order valence-corrected chi connectivity index (χ0v) is 11.3. The highest BCUT2D eigenvalue weighted by Gasteiger charge is 2.26. The van der Waals surface area contributed by atoms with E-state index in [1.807, 2.05) is 20.8 Å². The first kappa shape index (κ1) is 14.3. The van der Waals surface area contributed by atoms with E-state index in [-0.39, 0.29) is 12.1 Å². The standard InChI is InChI=1S/C13H26N2O2/c1-13(2,3)17-12(16)15-11-8-6-4-5-7-10(11)9-14/h10-11H,4-9,14H2,1-3H3,(H,15,16)/t10-,11+/m0/s1. The van der Waals surface area contributed by atoms with Crippen LogP contribution in [0, 0.1) is 5.92 Å². The Balaban J connectivity index is 2.49. The molecule has 3 N–H and O–H groups in total. The molecule has 0 aliphatic heterocycles. The molecule has 0 bridgehead atoms. The maximum absolute atomic E-state index is 11.7. The Labute approximate surface area is 104 Å². The van der Waals surface area contributed by atoms with E-state index < -0.39 is 5.60 Å². The number of ether oxygens (including phenoxy) is 1. The molecule has 4 heteroatoms. The molecule has 0 aromatic rings. The van der Waals surface area contributed by atoms with Crippen LogP contribution in [0.25, 0.3) is 0 Å². The number of hydrogen-bond donors (Lipinski definition) is 2. The van der Waals surface area contributed by atoms with Crippen LogP contribution >= 0.6 is 0 Å². The van der Waals surface area contributed by atoms with Crippen LogP contribution in [-0.4, -0.2) is 24.3 Å². The minimum atomic E-state index is -0.437. The molecule has 0 aromatic carbocycles. The van der Waals surface area contributed by atoms with Crippen LogP contribution in [0.15, 0.2) is 0 Å². The van der Waals surface area contributed by atoms with Crippen molar-refractivity contribution in [3.63, 3.8) is 0 Å². The van der Waals surface area contributed by atoms with Gasteiger partial charge in [-0.05, 0) is 46.1 Å². The highest BCUT2D eigenvalue weighted by atomic mass is 16.6. The van der Waals surface area contributed by atoms with Crippen LogP contribution in [0.4, 0.5) is 4.79 Å². The van der Waals surface area contributed by atoms with E-state index in [2.05, 4.69) is 5.32 Å². The normalized spacial score (nSPS) is 26.1. The lowest BCUT2D eigenvalue weighted by Gasteiger charge is -2.27. The Kier molecular flexibility index (Phi) is 5.25.